The first-order valence-corrected chi connectivity index (χ1v) is 10.6. The molecular weight excluding hydrogens is 352 g/mol. The Morgan fingerprint density at radius 3 is 2.79 bits per heavy atom. The molecular formula is C22H30N4O2. The number of carbonyl (C=O) groups is 2. The lowest BCUT2D eigenvalue weighted by Crippen LogP contribution is -2.47. The van der Waals surface area contributed by atoms with Gasteiger partial charge < -0.3 is 14.8 Å². The molecule has 1 aromatic carbocycles. The molecule has 1 saturated carbocycles. The van der Waals surface area contributed by atoms with E-state index >= 15 is 0 Å². The van der Waals surface area contributed by atoms with E-state index in [-0.39, 0.29) is 17.7 Å². The molecule has 1 N–H and O–H groups in total. The molecule has 1 aromatic heterocycles. The van der Waals surface area contributed by atoms with E-state index in [0.29, 0.717) is 31.8 Å². The molecule has 2 aromatic rings. The van der Waals surface area contributed by atoms with E-state index in [4.69, 9.17) is 0 Å². The van der Waals surface area contributed by atoms with Gasteiger partial charge in [-0.3, -0.25) is 9.59 Å². The summed E-state index contributed by atoms with van der Waals surface area (Å²) < 4.78 is 0. The van der Waals surface area contributed by atoms with Gasteiger partial charge in [0, 0.05) is 26.6 Å². The molecule has 1 unspecified atom stereocenters. The van der Waals surface area contributed by atoms with Crippen LogP contribution in [0.15, 0.2) is 24.3 Å². The van der Waals surface area contributed by atoms with Crippen molar-refractivity contribution in [3.63, 3.8) is 0 Å². The summed E-state index contributed by atoms with van der Waals surface area (Å²) in [5, 5.41) is 0. The largest absolute Gasteiger partial charge is 0.342 e. The van der Waals surface area contributed by atoms with Gasteiger partial charge in [0.15, 0.2) is 0 Å². The van der Waals surface area contributed by atoms with Gasteiger partial charge in [-0.05, 0) is 37.3 Å². The maximum atomic E-state index is 13.0. The molecule has 0 bridgehead atoms. The van der Waals surface area contributed by atoms with Crippen LogP contribution < -0.4 is 0 Å². The Hall–Kier alpha value is -2.37. The quantitative estimate of drug-likeness (QED) is 0.862. The van der Waals surface area contributed by atoms with Gasteiger partial charge in [0.05, 0.1) is 23.5 Å². The molecule has 4 rings (SSSR count). The first kappa shape index (κ1) is 19.0. The van der Waals surface area contributed by atoms with Gasteiger partial charge in [-0.1, -0.05) is 31.4 Å². The van der Waals surface area contributed by atoms with Crippen molar-refractivity contribution in [1.82, 2.24) is 19.8 Å². The molecule has 2 fully saturated rings. The van der Waals surface area contributed by atoms with Gasteiger partial charge in [-0.15, -0.1) is 0 Å². The Morgan fingerprint density at radius 1 is 1.21 bits per heavy atom. The number of likely N-dealkylation sites (tertiary alicyclic amines) is 1. The summed E-state index contributed by atoms with van der Waals surface area (Å²) in [6.07, 6.45) is 7.44. The summed E-state index contributed by atoms with van der Waals surface area (Å²) in [4.78, 5) is 36.9. The molecule has 1 saturated heterocycles. The minimum Gasteiger partial charge on any atom is -0.342 e. The smallest absolute Gasteiger partial charge is 0.227 e. The number of carbonyl (C=O) groups excluding carboxylic acids is 2. The van der Waals surface area contributed by atoms with Crippen LogP contribution in [0.2, 0.25) is 0 Å². The number of aromatic nitrogens is 2. The van der Waals surface area contributed by atoms with Crippen LogP contribution >= 0.6 is 0 Å². The molecule has 1 aliphatic heterocycles. The lowest BCUT2D eigenvalue weighted by Gasteiger charge is -2.36. The predicted molar refractivity (Wildman–Crippen MR) is 108 cm³/mol. The predicted octanol–water partition coefficient (Wildman–Crippen LogP) is 3.34. The molecule has 1 atom stereocenters. The Labute approximate surface area is 166 Å². The minimum atomic E-state index is -0.101. The summed E-state index contributed by atoms with van der Waals surface area (Å²) in [7, 11) is 1.83. The number of hydrogen-bond acceptors (Lipinski definition) is 3. The van der Waals surface area contributed by atoms with Crippen LogP contribution in [-0.2, 0) is 16.1 Å². The minimum absolute atomic E-state index is 0.101. The van der Waals surface area contributed by atoms with E-state index in [1.807, 2.05) is 36.2 Å². The van der Waals surface area contributed by atoms with Gasteiger partial charge >= 0.3 is 0 Å². The highest BCUT2D eigenvalue weighted by Gasteiger charge is 2.33. The van der Waals surface area contributed by atoms with Gasteiger partial charge in [-0.25, -0.2) is 4.98 Å². The van der Waals surface area contributed by atoms with Crippen LogP contribution in [0.1, 0.15) is 50.8 Å². The number of benzene rings is 1. The average molecular weight is 383 g/mol. The Kier molecular flexibility index (Phi) is 5.64. The second-order valence-electron chi connectivity index (χ2n) is 8.43. The topological polar surface area (TPSA) is 69.3 Å². The van der Waals surface area contributed by atoms with Crippen LogP contribution in [0.4, 0.5) is 0 Å². The van der Waals surface area contributed by atoms with Crippen LogP contribution in [-0.4, -0.2) is 51.7 Å². The zero-order valence-corrected chi connectivity index (χ0v) is 16.7. The molecule has 150 valence electrons. The monoisotopic (exact) mass is 382 g/mol. The van der Waals surface area contributed by atoms with Crippen molar-refractivity contribution in [3.8, 4) is 0 Å². The fraction of sp³-hybridized carbons (Fsp3) is 0.591. The van der Waals surface area contributed by atoms with Gasteiger partial charge in [0.2, 0.25) is 11.8 Å². The summed E-state index contributed by atoms with van der Waals surface area (Å²) in [5.41, 5.74) is 1.90. The summed E-state index contributed by atoms with van der Waals surface area (Å²) in [6.45, 7) is 1.86. The number of hydrogen-bond donors (Lipinski definition) is 1. The third-order valence-corrected chi connectivity index (χ3v) is 6.25. The standard InChI is InChI=1S/C22H30N4O2/c1-25(15-20-23-18-9-5-6-10-19(18)24-20)22(28)17-11-12-21(27)26(14-17)13-16-7-3-2-4-8-16/h5-6,9-10,16-17H,2-4,7-8,11-15H2,1H3,(H,23,24). The fourth-order valence-corrected chi connectivity index (χ4v) is 4.67. The molecule has 6 heteroatoms. The molecule has 2 heterocycles. The normalized spacial score (nSPS) is 21.2. The van der Waals surface area contributed by atoms with E-state index in [2.05, 4.69) is 9.97 Å². The lowest BCUT2D eigenvalue weighted by molar-refractivity contribution is -0.143. The maximum absolute atomic E-state index is 13.0. The van der Waals surface area contributed by atoms with E-state index in [0.717, 1.165) is 23.4 Å². The van der Waals surface area contributed by atoms with Crippen molar-refractivity contribution in [2.75, 3.05) is 20.1 Å². The van der Waals surface area contributed by atoms with Crippen molar-refractivity contribution in [3.05, 3.63) is 30.1 Å². The van der Waals surface area contributed by atoms with Crippen molar-refractivity contribution in [1.29, 1.82) is 0 Å². The molecule has 2 amide bonds. The SMILES string of the molecule is CN(Cc1nc2ccccc2[nH]1)C(=O)C1CCC(=O)N(CC2CCCCC2)C1. The zero-order valence-electron chi connectivity index (χ0n) is 16.7. The van der Waals surface area contributed by atoms with Crippen molar-refractivity contribution < 1.29 is 9.59 Å². The Morgan fingerprint density at radius 2 is 2.00 bits per heavy atom. The first-order chi connectivity index (χ1) is 13.6. The number of H-pyrrole nitrogens is 1. The molecule has 6 nitrogen and oxygen atoms in total. The number of piperidine rings is 1. The summed E-state index contributed by atoms with van der Waals surface area (Å²) >= 11 is 0. The highest BCUT2D eigenvalue weighted by Crippen LogP contribution is 2.27. The Balaban J connectivity index is 1.36. The summed E-state index contributed by atoms with van der Waals surface area (Å²) in [5.74, 6) is 1.63. The number of para-hydroxylation sites is 2. The van der Waals surface area contributed by atoms with Gasteiger partial charge in [0.1, 0.15) is 5.82 Å². The number of imidazole rings is 1. The van der Waals surface area contributed by atoms with E-state index in [1.54, 1.807) is 4.90 Å². The second kappa shape index (κ2) is 8.33. The van der Waals surface area contributed by atoms with Gasteiger partial charge in [-0.2, -0.15) is 0 Å². The van der Waals surface area contributed by atoms with Crippen LogP contribution in [0.5, 0.6) is 0 Å². The highest BCUT2D eigenvalue weighted by atomic mass is 16.2. The second-order valence-corrected chi connectivity index (χ2v) is 8.43. The van der Waals surface area contributed by atoms with Crippen molar-refractivity contribution in [2.24, 2.45) is 11.8 Å². The van der Waals surface area contributed by atoms with E-state index in [1.165, 1.54) is 32.1 Å². The maximum Gasteiger partial charge on any atom is 0.227 e. The van der Waals surface area contributed by atoms with Crippen molar-refractivity contribution >= 4 is 22.8 Å². The lowest BCUT2D eigenvalue weighted by atomic mass is 9.87. The number of aromatic amines is 1. The highest BCUT2D eigenvalue weighted by molar-refractivity contribution is 5.84. The van der Waals surface area contributed by atoms with Crippen LogP contribution in [0.25, 0.3) is 11.0 Å². The molecule has 2 aliphatic rings. The van der Waals surface area contributed by atoms with Crippen LogP contribution in [0, 0.1) is 11.8 Å². The Bertz CT molecular complexity index is 807. The average Bonchev–Trinajstić information content (AvgIpc) is 3.12. The number of amides is 2. The molecule has 1 aliphatic carbocycles. The van der Waals surface area contributed by atoms with E-state index in [9.17, 15) is 9.59 Å². The third kappa shape index (κ3) is 4.21. The van der Waals surface area contributed by atoms with Crippen molar-refractivity contribution in [2.45, 2.75) is 51.5 Å². The zero-order chi connectivity index (χ0) is 19.5. The number of nitrogens with zero attached hydrogens (tertiary/aromatic N) is 3. The third-order valence-electron chi connectivity index (χ3n) is 6.25. The number of rotatable bonds is 5. The number of fused-ring (bicyclic) bond motifs is 1. The molecule has 28 heavy (non-hydrogen) atoms. The fourth-order valence-electron chi connectivity index (χ4n) is 4.67. The van der Waals surface area contributed by atoms with E-state index < -0.39 is 0 Å². The van der Waals surface area contributed by atoms with Crippen LogP contribution in [0.3, 0.4) is 0 Å². The number of nitrogens with one attached hydrogen (secondary N) is 1. The first-order valence-electron chi connectivity index (χ1n) is 10.6. The molecule has 0 spiro atoms. The summed E-state index contributed by atoms with van der Waals surface area (Å²) in [6, 6.07) is 7.89. The van der Waals surface area contributed by atoms with Gasteiger partial charge in [0.25, 0.3) is 0 Å². The molecule has 0 radical (unpaired) electrons.